The molecule has 0 saturated carbocycles. The lowest BCUT2D eigenvalue weighted by Gasteiger charge is -2.10. The van der Waals surface area contributed by atoms with Crippen molar-refractivity contribution in [2.45, 2.75) is 13.2 Å². The minimum absolute atomic E-state index is 0.00190. The molecule has 1 heterocycles. The Kier molecular flexibility index (Phi) is 3.64. The normalized spacial score (nSPS) is 10.4. The van der Waals surface area contributed by atoms with E-state index in [0.717, 1.165) is 21.5 Å². The number of anilines is 1. The minimum atomic E-state index is 0.00190. The summed E-state index contributed by atoms with van der Waals surface area (Å²) in [4.78, 5) is 0. The van der Waals surface area contributed by atoms with Gasteiger partial charge in [0.25, 0.3) is 0 Å². The summed E-state index contributed by atoms with van der Waals surface area (Å²) in [6.07, 6.45) is 1.64. The smallest absolute Gasteiger partial charge is 0.122 e. The summed E-state index contributed by atoms with van der Waals surface area (Å²) in [5.74, 6) is 0.865. The van der Waals surface area contributed by atoms with Crippen LogP contribution in [0.3, 0.4) is 0 Å². The van der Waals surface area contributed by atoms with Crippen LogP contribution in [0.4, 0.5) is 5.69 Å². The number of halogens is 1. The van der Waals surface area contributed by atoms with Crippen molar-refractivity contribution in [3.63, 3.8) is 0 Å². The molecule has 0 unspecified atom stereocenters. The summed E-state index contributed by atoms with van der Waals surface area (Å²) < 4.78 is 6.12. The van der Waals surface area contributed by atoms with E-state index in [2.05, 4.69) is 21.2 Å². The highest BCUT2D eigenvalue weighted by Gasteiger charge is 2.05. The molecular weight excluding hydrogens is 270 g/mol. The summed E-state index contributed by atoms with van der Waals surface area (Å²) >= 11 is 3.40. The van der Waals surface area contributed by atoms with Gasteiger partial charge >= 0.3 is 0 Å². The average molecular weight is 282 g/mol. The van der Waals surface area contributed by atoms with Crippen molar-refractivity contribution in [3.8, 4) is 0 Å². The molecule has 0 radical (unpaired) electrons. The number of benzene rings is 1. The lowest BCUT2D eigenvalue weighted by atomic mass is 10.2. The molecule has 0 bridgehead atoms. The van der Waals surface area contributed by atoms with Gasteiger partial charge in [0.05, 0.1) is 19.4 Å². The number of hydrogen-bond acceptors (Lipinski definition) is 3. The largest absolute Gasteiger partial charge is 0.467 e. The minimum Gasteiger partial charge on any atom is -0.467 e. The van der Waals surface area contributed by atoms with Crippen molar-refractivity contribution in [3.05, 3.63) is 52.4 Å². The van der Waals surface area contributed by atoms with Gasteiger partial charge in [-0.15, -0.1) is 0 Å². The maximum absolute atomic E-state index is 9.26. The Morgan fingerprint density at radius 1 is 1.25 bits per heavy atom. The first-order valence-corrected chi connectivity index (χ1v) is 5.75. The molecule has 16 heavy (non-hydrogen) atoms. The summed E-state index contributed by atoms with van der Waals surface area (Å²) in [5.41, 5.74) is 1.77. The summed E-state index contributed by atoms with van der Waals surface area (Å²) in [6.45, 7) is 0.609. The first-order valence-electron chi connectivity index (χ1n) is 4.96. The molecule has 0 saturated heterocycles. The number of nitrogens with one attached hydrogen (secondary N) is 1. The molecule has 2 N–H and O–H groups in total. The van der Waals surface area contributed by atoms with Crippen LogP contribution >= 0.6 is 15.9 Å². The van der Waals surface area contributed by atoms with Gasteiger partial charge in [0.15, 0.2) is 0 Å². The second-order valence-corrected chi connectivity index (χ2v) is 4.21. The molecule has 1 aromatic heterocycles. The number of furan rings is 1. The lowest BCUT2D eigenvalue weighted by Crippen LogP contribution is -2.02. The van der Waals surface area contributed by atoms with Crippen LogP contribution in [0.1, 0.15) is 11.3 Å². The fourth-order valence-corrected chi connectivity index (χ4v) is 1.97. The fourth-order valence-electron chi connectivity index (χ4n) is 1.48. The van der Waals surface area contributed by atoms with Crippen LogP contribution in [-0.4, -0.2) is 5.11 Å². The molecule has 4 heteroatoms. The van der Waals surface area contributed by atoms with Gasteiger partial charge in [-0.3, -0.25) is 0 Å². The van der Waals surface area contributed by atoms with E-state index in [1.807, 2.05) is 30.3 Å². The van der Waals surface area contributed by atoms with Gasteiger partial charge in [-0.2, -0.15) is 0 Å². The number of aliphatic hydroxyl groups is 1. The zero-order valence-corrected chi connectivity index (χ0v) is 10.2. The molecular formula is C12H12BrNO2. The van der Waals surface area contributed by atoms with E-state index in [4.69, 9.17) is 4.42 Å². The Hall–Kier alpha value is -1.26. The molecule has 0 aliphatic rings. The SMILES string of the molecule is OCc1c(Br)cccc1NCc1ccco1. The van der Waals surface area contributed by atoms with Gasteiger partial charge in [0.2, 0.25) is 0 Å². The fraction of sp³-hybridized carbons (Fsp3) is 0.167. The molecule has 0 aliphatic heterocycles. The molecule has 0 spiro atoms. The third-order valence-electron chi connectivity index (χ3n) is 2.31. The predicted molar refractivity (Wildman–Crippen MR) is 66.1 cm³/mol. The maximum Gasteiger partial charge on any atom is 0.122 e. The van der Waals surface area contributed by atoms with Crippen molar-refractivity contribution in [2.75, 3.05) is 5.32 Å². The zero-order valence-electron chi connectivity index (χ0n) is 8.61. The Morgan fingerprint density at radius 3 is 2.81 bits per heavy atom. The Balaban J connectivity index is 2.12. The maximum atomic E-state index is 9.26. The molecule has 0 atom stereocenters. The second kappa shape index (κ2) is 5.18. The first-order chi connectivity index (χ1) is 7.81. The summed E-state index contributed by atoms with van der Waals surface area (Å²) in [7, 11) is 0. The highest BCUT2D eigenvalue weighted by atomic mass is 79.9. The third kappa shape index (κ3) is 2.46. The molecule has 0 fully saturated rings. The van der Waals surface area contributed by atoms with Crippen LogP contribution in [0.2, 0.25) is 0 Å². The van der Waals surface area contributed by atoms with Crippen molar-refractivity contribution >= 4 is 21.6 Å². The van der Waals surface area contributed by atoms with E-state index in [0.29, 0.717) is 6.54 Å². The van der Waals surface area contributed by atoms with E-state index in [1.165, 1.54) is 0 Å². The van der Waals surface area contributed by atoms with Crippen molar-refractivity contribution < 1.29 is 9.52 Å². The average Bonchev–Trinajstić information content (AvgIpc) is 2.79. The highest BCUT2D eigenvalue weighted by molar-refractivity contribution is 9.10. The predicted octanol–water partition coefficient (Wildman–Crippen LogP) is 3.15. The molecule has 84 valence electrons. The molecule has 2 aromatic rings. The second-order valence-electron chi connectivity index (χ2n) is 3.36. The van der Waals surface area contributed by atoms with Crippen LogP contribution in [-0.2, 0) is 13.2 Å². The monoisotopic (exact) mass is 281 g/mol. The number of aliphatic hydroxyl groups excluding tert-OH is 1. The summed E-state index contributed by atoms with van der Waals surface area (Å²) in [5, 5.41) is 12.5. The van der Waals surface area contributed by atoms with Gasteiger partial charge < -0.3 is 14.8 Å². The quantitative estimate of drug-likeness (QED) is 0.905. The van der Waals surface area contributed by atoms with Crippen LogP contribution in [0.25, 0.3) is 0 Å². The zero-order chi connectivity index (χ0) is 11.4. The molecule has 3 nitrogen and oxygen atoms in total. The van der Waals surface area contributed by atoms with Gasteiger partial charge in [0.1, 0.15) is 5.76 Å². The van der Waals surface area contributed by atoms with Gasteiger partial charge in [-0.1, -0.05) is 22.0 Å². The van der Waals surface area contributed by atoms with E-state index < -0.39 is 0 Å². The molecule has 0 aliphatic carbocycles. The van der Waals surface area contributed by atoms with Crippen LogP contribution < -0.4 is 5.32 Å². The van der Waals surface area contributed by atoms with E-state index >= 15 is 0 Å². The third-order valence-corrected chi connectivity index (χ3v) is 3.05. The first kappa shape index (κ1) is 11.2. The van der Waals surface area contributed by atoms with Gasteiger partial charge in [-0.25, -0.2) is 0 Å². The standard InChI is InChI=1S/C12H12BrNO2/c13-11-4-1-5-12(10(11)8-15)14-7-9-3-2-6-16-9/h1-6,14-15H,7-8H2. The van der Waals surface area contributed by atoms with E-state index in [9.17, 15) is 5.11 Å². The number of rotatable bonds is 4. The van der Waals surface area contributed by atoms with Crippen LogP contribution in [0.15, 0.2) is 45.5 Å². The van der Waals surface area contributed by atoms with Crippen LogP contribution in [0.5, 0.6) is 0 Å². The summed E-state index contributed by atoms with van der Waals surface area (Å²) in [6, 6.07) is 9.52. The number of hydrogen-bond donors (Lipinski definition) is 2. The lowest BCUT2D eigenvalue weighted by molar-refractivity contribution is 0.281. The Bertz CT molecular complexity index is 454. The topological polar surface area (TPSA) is 45.4 Å². The highest BCUT2D eigenvalue weighted by Crippen LogP contribution is 2.25. The van der Waals surface area contributed by atoms with Gasteiger partial charge in [0, 0.05) is 15.7 Å². The molecule has 1 aromatic carbocycles. The van der Waals surface area contributed by atoms with Crippen LogP contribution in [0, 0.1) is 0 Å². The van der Waals surface area contributed by atoms with E-state index in [1.54, 1.807) is 6.26 Å². The van der Waals surface area contributed by atoms with Crippen molar-refractivity contribution in [1.29, 1.82) is 0 Å². The van der Waals surface area contributed by atoms with E-state index in [-0.39, 0.29) is 6.61 Å². The molecule has 0 amide bonds. The molecule has 2 rings (SSSR count). The Morgan fingerprint density at radius 2 is 2.12 bits per heavy atom. The van der Waals surface area contributed by atoms with Gasteiger partial charge in [-0.05, 0) is 24.3 Å². The van der Waals surface area contributed by atoms with Crippen molar-refractivity contribution in [1.82, 2.24) is 0 Å². The Labute approximate surface area is 102 Å². The van der Waals surface area contributed by atoms with Crippen molar-refractivity contribution in [2.24, 2.45) is 0 Å².